The minimum atomic E-state index is -0.478. The zero-order valence-electron chi connectivity index (χ0n) is 41.6. The van der Waals surface area contributed by atoms with Crippen LogP contribution >= 0.6 is 0 Å². The van der Waals surface area contributed by atoms with E-state index in [9.17, 15) is 10.2 Å². The molecule has 2 fully saturated rings. The summed E-state index contributed by atoms with van der Waals surface area (Å²) in [6.07, 6.45) is 24.5. The third kappa shape index (κ3) is 10.5. The van der Waals surface area contributed by atoms with Gasteiger partial charge in [0.25, 0.3) is 0 Å². The summed E-state index contributed by atoms with van der Waals surface area (Å²) in [6, 6.07) is 24.7. The summed E-state index contributed by atoms with van der Waals surface area (Å²) in [5.41, 5.74) is 16.9. The van der Waals surface area contributed by atoms with Crippen LogP contribution < -0.4 is 9.47 Å². The third-order valence-corrected chi connectivity index (χ3v) is 15.6. The number of phenolic OH excluding ortho intramolecular Hbond substituents is 2. The Kier molecular flexibility index (Phi) is 15.2. The average molecular weight is 897 g/mol. The van der Waals surface area contributed by atoms with Gasteiger partial charge in [0.2, 0.25) is 0 Å². The molecule has 2 saturated carbocycles. The first-order chi connectivity index (χ1) is 32.3. The van der Waals surface area contributed by atoms with Crippen molar-refractivity contribution in [1.29, 1.82) is 0 Å². The number of hydrogen-bond acceptors (Lipinski definition) is 4. The fraction of sp³-hybridized carbons (Fsp3) is 0.429. The lowest BCUT2D eigenvalue weighted by molar-refractivity contribution is -0.00280. The van der Waals surface area contributed by atoms with Gasteiger partial charge in [-0.2, -0.15) is 0 Å². The highest BCUT2D eigenvalue weighted by atomic mass is 16.5. The van der Waals surface area contributed by atoms with E-state index in [0.29, 0.717) is 11.5 Å². The van der Waals surface area contributed by atoms with Gasteiger partial charge in [0.1, 0.15) is 35.2 Å². The molecule has 4 aliphatic carbocycles. The number of phenols is 2. The number of benzene rings is 4. The standard InChI is InChI=1S/C63H76O4/c1-41-37-53(61(64)55(39-41)59-43(3)25-13-9-11-15-27-47-29-17-19-31-49(47)59)51-33-21-23-35-57(51)66-45(5)63(7,8)46(6)67-58-36-24-22-34-52(58)54-38-42(2)40-56(62(54)65)60-44(4)26-14-10-12-16-28-48-30-18-20-32-50(48)60/h21-24,27-28,33-40,45-46,64-65H,3-4,9-20,25-26,29-32H2,1-2,5-8H3/b47-27-,48-28-,59-49+,60-50?/t45-,46?/m1/s1. The van der Waals surface area contributed by atoms with Crippen molar-refractivity contribution in [1.82, 2.24) is 0 Å². The van der Waals surface area contributed by atoms with Gasteiger partial charge in [-0.15, -0.1) is 0 Å². The first kappa shape index (κ1) is 48.0. The highest BCUT2D eigenvalue weighted by Crippen LogP contribution is 2.50. The van der Waals surface area contributed by atoms with Crippen LogP contribution in [0.15, 0.2) is 132 Å². The van der Waals surface area contributed by atoms with Crippen molar-refractivity contribution >= 4 is 11.1 Å². The summed E-state index contributed by atoms with van der Waals surface area (Å²) < 4.78 is 14.0. The van der Waals surface area contributed by atoms with Gasteiger partial charge in [0.05, 0.1) is 0 Å². The molecule has 0 radical (unpaired) electrons. The monoisotopic (exact) mass is 897 g/mol. The second kappa shape index (κ2) is 21.2. The lowest BCUT2D eigenvalue weighted by Crippen LogP contribution is -2.43. The first-order valence-electron chi connectivity index (χ1n) is 25.7. The van der Waals surface area contributed by atoms with Crippen molar-refractivity contribution in [3.8, 4) is 45.3 Å². The van der Waals surface area contributed by atoms with Crippen molar-refractivity contribution in [3.05, 3.63) is 154 Å². The van der Waals surface area contributed by atoms with E-state index in [1.807, 2.05) is 36.4 Å². The molecule has 2 atom stereocenters. The number of rotatable bonds is 10. The molecule has 352 valence electrons. The van der Waals surface area contributed by atoms with E-state index in [0.717, 1.165) is 144 Å². The van der Waals surface area contributed by atoms with E-state index in [-0.39, 0.29) is 23.7 Å². The minimum absolute atomic E-state index is 0.285. The van der Waals surface area contributed by atoms with Crippen molar-refractivity contribution in [2.45, 2.75) is 169 Å². The molecule has 0 aliphatic heterocycles. The molecule has 67 heavy (non-hydrogen) atoms. The number of para-hydroxylation sites is 2. The highest BCUT2D eigenvalue weighted by molar-refractivity contribution is 5.92. The molecule has 0 heterocycles. The third-order valence-electron chi connectivity index (χ3n) is 15.6. The second-order valence-electron chi connectivity index (χ2n) is 20.7. The minimum Gasteiger partial charge on any atom is -0.507 e. The molecule has 4 aromatic rings. The summed E-state index contributed by atoms with van der Waals surface area (Å²) >= 11 is 0. The predicted molar refractivity (Wildman–Crippen MR) is 282 cm³/mol. The Labute approximate surface area is 402 Å². The quantitative estimate of drug-likeness (QED) is 0.166. The normalized spacial score (nSPS) is 21.5. The Morgan fingerprint density at radius 2 is 0.851 bits per heavy atom. The van der Waals surface area contributed by atoms with Gasteiger partial charge in [0, 0.05) is 38.8 Å². The van der Waals surface area contributed by atoms with Gasteiger partial charge in [-0.25, -0.2) is 0 Å². The van der Waals surface area contributed by atoms with Crippen LogP contribution in [-0.4, -0.2) is 22.4 Å². The largest absolute Gasteiger partial charge is 0.507 e. The SMILES string of the molecule is C=C1CCCCC/C=C2/CCCCC2=C1c1cc(C)cc(-c2ccccc2OC(C)C(C)(C)[C@@H](C)Oc2ccccc2-c2cc(C)cc(/C3=C4\CCCC\C4=C\CCCCCC3=C)c2O)c1O. The smallest absolute Gasteiger partial charge is 0.131 e. The average Bonchev–Trinajstić information content (AvgIpc) is 3.32. The van der Waals surface area contributed by atoms with Gasteiger partial charge in [-0.3, -0.25) is 0 Å². The van der Waals surface area contributed by atoms with Crippen LogP contribution in [0.5, 0.6) is 23.0 Å². The van der Waals surface area contributed by atoms with E-state index in [1.165, 1.54) is 60.8 Å². The van der Waals surface area contributed by atoms with Gasteiger partial charge in [0.15, 0.2) is 0 Å². The van der Waals surface area contributed by atoms with E-state index in [2.05, 4.69) is 103 Å². The van der Waals surface area contributed by atoms with Crippen LogP contribution in [0.2, 0.25) is 0 Å². The molecule has 8 rings (SSSR count). The zero-order chi connectivity index (χ0) is 47.2. The number of fused-ring (bicyclic) bond motifs is 2. The molecular weight excluding hydrogens is 821 g/mol. The summed E-state index contributed by atoms with van der Waals surface area (Å²) in [4.78, 5) is 0. The zero-order valence-corrected chi connectivity index (χ0v) is 41.6. The number of ether oxygens (including phenoxy) is 2. The lowest BCUT2D eigenvalue weighted by Gasteiger charge is -2.38. The second-order valence-corrected chi connectivity index (χ2v) is 20.7. The molecular formula is C63H76O4. The molecule has 0 amide bonds. The molecule has 0 aromatic heterocycles. The first-order valence-corrected chi connectivity index (χ1v) is 25.7. The van der Waals surface area contributed by atoms with Gasteiger partial charge in [-0.05, 0) is 223 Å². The maximum absolute atomic E-state index is 12.4. The molecule has 0 spiro atoms. The van der Waals surface area contributed by atoms with Crippen molar-refractivity contribution in [2.75, 3.05) is 0 Å². The van der Waals surface area contributed by atoms with Gasteiger partial charge < -0.3 is 19.7 Å². The molecule has 2 N–H and O–H groups in total. The Bertz CT molecular complexity index is 2450. The van der Waals surface area contributed by atoms with Gasteiger partial charge in [-0.1, -0.05) is 88.4 Å². The fourth-order valence-corrected chi connectivity index (χ4v) is 11.1. The molecule has 4 aliphatic rings. The molecule has 0 bridgehead atoms. The fourth-order valence-electron chi connectivity index (χ4n) is 11.1. The number of hydrogen-bond donors (Lipinski definition) is 2. The topological polar surface area (TPSA) is 58.9 Å². The van der Waals surface area contributed by atoms with E-state index >= 15 is 0 Å². The summed E-state index contributed by atoms with van der Waals surface area (Å²) in [6.45, 7) is 22.2. The van der Waals surface area contributed by atoms with Crippen LogP contribution in [0.25, 0.3) is 33.4 Å². The van der Waals surface area contributed by atoms with Crippen LogP contribution in [0.4, 0.5) is 0 Å². The number of allylic oxidation sites excluding steroid dienone is 10. The molecule has 0 saturated heterocycles. The van der Waals surface area contributed by atoms with Crippen molar-refractivity contribution in [3.63, 3.8) is 0 Å². The molecule has 4 aromatic carbocycles. The van der Waals surface area contributed by atoms with E-state index < -0.39 is 5.41 Å². The molecule has 1 unspecified atom stereocenters. The Hall–Kier alpha value is -5.48. The molecule has 4 heteroatoms. The van der Waals surface area contributed by atoms with Crippen molar-refractivity contribution < 1.29 is 19.7 Å². The Morgan fingerprint density at radius 3 is 1.28 bits per heavy atom. The van der Waals surface area contributed by atoms with Crippen LogP contribution in [-0.2, 0) is 0 Å². The molecule has 4 nitrogen and oxygen atoms in total. The van der Waals surface area contributed by atoms with Crippen molar-refractivity contribution in [2.24, 2.45) is 5.41 Å². The van der Waals surface area contributed by atoms with Gasteiger partial charge >= 0.3 is 0 Å². The Morgan fingerprint density at radius 1 is 0.478 bits per heavy atom. The Balaban J connectivity index is 1.10. The van der Waals surface area contributed by atoms with Crippen LogP contribution in [0, 0.1) is 19.3 Å². The summed E-state index contributed by atoms with van der Waals surface area (Å²) in [7, 11) is 0. The van der Waals surface area contributed by atoms with E-state index in [1.54, 1.807) is 0 Å². The van der Waals surface area contributed by atoms with Crippen LogP contribution in [0.3, 0.4) is 0 Å². The van der Waals surface area contributed by atoms with Crippen LogP contribution in [0.1, 0.15) is 166 Å². The lowest BCUT2D eigenvalue weighted by atomic mass is 9.79. The maximum Gasteiger partial charge on any atom is 0.131 e. The highest BCUT2D eigenvalue weighted by Gasteiger charge is 2.37. The predicted octanol–water partition coefficient (Wildman–Crippen LogP) is 17.9. The van der Waals surface area contributed by atoms with E-state index in [4.69, 9.17) is 9.47 Å². The summed E-state index contributed by atoms with van der Waals surface area (Å²) in [5, 5.41) is 24.9. The number of aromatic hydroxyl groups is 2. The summed E-state index contributed by atoms with van der Waals surface area (Å²) in [5.74, 6) is 2.00. The number of aryl methyl sites for hydroxylation is 2. The maximum atomic E-state index is 12.4.